The van der Waals surface area contributed by atoms with Crippen molar-refractivity contribution < 1.29 is 14.6 Å². The molecule has 3 rings (SSSR count). The number of esters is 1. The van der Waals surface area contributed by atoms with Crippen molar-refractivity contribution >= 4 is 5.97 Å². The molecule has 0 aromatic heterocycles. The van der Waals surface area contributed by atoms with Crippen LogP contribution in [-0.2, 0) is 9.53 Å². The quantitative estimate of drug-likeness (QED) is 0.672. The SMILES string of the molecule is CC1=C2[C@@H](C[C@H]3CCC[C@H](C)[C@@]3(C)[C@H]2O)OC1=O. The number of hydrogen-bond donors (Lipinski definition) is 1. The van der Waals surface area contributed by atoms with Crippen LogP contribution in [0, 0.1) is 17.3 Å². The molecule has 0 saturated heterocycles. The third-order valence-electron chi connectivity index (χ3n) is 5.85. The van der Waals surface area contributed by atoms with E-state index in [-0.39, 0.29) is 17.5 Å². The van der Waals surface area contributed by atoms with E-state index in [0.717, 1.165) is 18.4 Å². The van der Waals surface area contributed by atoms with Crippen molar-refractivity contribution in [1.82, 2.24) is 0 Å². The molecule has 100 valence electrons. The first-order valence-electron chi connectivity index (χ1n) is 7.06. The zero-order valence-electron chi connectivity index (χ0n) is 11.4. The highest BCUT2D eigenvalue weighted by molar-refractivity contribution is 5.92. The molecule has 3 heteroatoms. The maximum Gasteiger partial charge on any atom is 0.334 e. The number of fused-ring (bicyclic) bond motifs is 2. The summed E-state index contributed by atoms with van der Waals surface area (Å²) in [4.78, 5) is 11.7. The van der Waals surface area contributed by atoms with Gasteiger partial charge in [0, 0.05) is 16.6 Å². The number of aliphatic hydroxyl groups is 1. The van der Waals surface area contributed by atoms with Gasteiger partial charge in [0.2, 0.25) is 0 Å². The summed E-state index contributed by atoms with van der Waals surface area (Å²) >= 11 is 0. The van der Waals surface area contributed by atoms with Crippen molar-refractivity contribution in [3.05, 3.63) is 11.1 Å². The lowest BCUT2D eigenvalue weighted by Crippen LogP contribution is -2.53. The molecule has 2 saturated carbocycles. The summed E-state index contributed by atoms with van der Waals surface area (Å²) in [6.07, 6.45) is 3.79. The van der Waals surface area contributed by atoms with Crippen LogP contribution in [0.4, 0.5) is 0 Å². The summed E-state index contributed by atoms with van der Waals surface area (Å²) in [5, 5.41) is 10.8. The Hall–Kier alpha value is -0.830. The van der Waals surface area contributed by atoms with Crippen LogP contribution in [0.3, 0.4) is 0 Å². The van der Waals surface area contributed by atoms with E-state index in [2.05, 4.69) is 13.8 Å². The Kier molecular flexibility index (Phi) is 2.60. The summed E-state index contributed by atoms with van der Waals surface area (Å²) in [5.74, 6) is 0.746. The first kappa shape index (κ1) is 12.2. The molecule has 5 atom stereocenters. The van der Waals surface area contributed by atoms with Gasteiger partial charge in [-0.05, 0) is 31.6 Å². The highest BCUT2D eigenvalue weighted by Gasteiger charge is 2.56. The van der Waals surface area contributed by atoms with E-state index in [0.29, 0.717) is 17.4 Å². The monoisotopic (exact) mass is 250 g/mol. The first-order valence-corrected chi connectivity index (χ1v) is 7.06. The van der Waals surface area contributed by atoms with Gasteiger partial charge in [-0.1, -0.05) is 26.7 Å². The number of aliphatic hydroxyl groups excluding tert-OH is 1. The molecule has 1 N–H and O–H groups in total. The summed E-state index contributed by atoms with van der Waals surface area (Å²) in [6, 6.07) is 0. The highest BCUT2D eigenvalue weighted by atomic mass is 16.5. The van der Waals surface area contributed by atoms with Gasteiger partial charge in [0.1, 0.15) is 6.10 Å². The van der Waals surface area contributed by atoms with Gasteiger partial charge in [-0.25, -0.2) is 4.79 Å². The van der Waals surface area contributed by atoms with Gasteiger partial charge in [0.25, 0.3) is 0 Å². The lowest BCUT2D eigenvalue weighted by atomic mass is 9.53. The standard InChI is InChI=1S/C15H22O3/c1-8-5-4-6-10-7-11-12(9(2)14(17)18-11)13(16)15(8,10)3/h8,10-11,13,16H,4-7H2,1-3H3/t8-,10+,11+,13-,15+/m0/s1. The van der Waals surface area contributed by atoms with Gasteiger partial charge < -0.3 is 9.84 Å². The van der Waals surface area contributed by atoms with Crippen LogP contribution < -0.4 is 0 Å². The van der Waals surface area contributed by atoms with Gasteiger partial charge in [0.05, 0.1) is 6.10 Å². The average Bonchev–Trinajstić information content (AvgIpc) is 2.60. The summed E-state index contributed by atoms with van der Waals surface area (Å²) in [6.45, 7) is 6.23. The zero-order chi connectivity index (χ0) is 13.1. The predicted octanol–water partition coefficient (Wildman–Crippen LogP) is 2.44. The van der Waals surface area contributed by atoms with E-state index in [1.54, 1.807) is 6.92 Å². The fraction of sp³-hybridized carbons (Fsp3) is 0.800. The molecule has 2 fully saturated rings. The number of rotatable bonds is 0. The van der Waals surface area contributed by atoms with Crippen LogP contribution in [0.2, 0.25) is 0 Å². The van der Waals surface area contributed by atoms with Gasteiger partial charge in [-0.2, -0.15) is 0 Å². The van der Waals surface area contributed by atoms with Crippen molar-refractivity contribution in [2.24, 2.45) is 17.3 Å². The molecule has 2 aliphatic carbocycles. The highest BCUT2D eigenvalue weighted by Crippen LogP contribution is 2.56. The van der Waals surface area contributed by atoms with Crippen LogP contribution in [-0.4, -0.2) is 23.3 Å². The third kappa shape index (κ3) is 1.37. The number of carbonyl (C=O) groups excluding carboxylic acids is 1. The second-order valence-corrected chi connectivity index (χ2v) is 6.51. The molecule has 18 heavy (non-hydrogen) atoms. The minimum absolute atomic E-state index is 0.0840. The molecule has 1 heterocycles. The number of ether oxygens (including phenoxy) is 1. The lowest BCUT2D eigenvalue weighted by Gasteiger charge is -2.53. The van der Waals surface area contributed by atoms with Gasteiger partial charge in [0.15, 0.2) is 0 Å². The molecular weight excluding hydrogens is 228 g/mol. The molecule has 3 aliphatic rings. The second-order valence-electron chi connectivity index (χ2n) is 6.51. The summed E-state index contributed by atoms with van der Waals surface area (Å²) in [7, 11) is 0. The zero-order valence-corrected chi connectivity index (χ0v) is 11.4. The number of hydrogen-bond acceptors (Lipinski definition) is 3. The normalized spacial score (nSPS) is 47.7. The van der Waals surface area contributed by atoms with Crippen molar-refractivity contribution in [2.75, 3.05) is 0 Å². The lowest BCUT2D eigenvalue weighted by molar-refractivity contribution is -0.145. The maximum absolute atomic E-state index is 11.7. The van der Waals surface area contributed by atoms with Crippen LogP contribution in [0.25, 0.3) is 0 Å². The Morgan fingerprint density at radius 1 is 1.39 bits per heavy atom. The van der Waals surface area contributed by atoms with E-state index in [1.165, 1.54) is 12.8 Å². The van der Waals surface area contributed by atoms with E-state index >= 15 is 0 Å². The van der Waals surface area contributed by atoms with E-state index in [1.807, 2.05) is 0 Å². The fourth-order valence-electron chi connectivity index (χ4n) is 4.35. The predicted molar refractivity (Wildman–Crippen MR) is 67.8 cm³/mol. The Balaban J connectivity index is 2.04. The Morgan fingerprint density at radius 2 is 2.11 bits per heavy atom. The molecule has 0 radical (unpaired) electrons. The van der Waals surface area contributed by atoms with Gasteiger partial charge in [-0.15, -0.1) is 0 Å². The molecule has 0 spiro atoms. The molecule has 1 aliphatic heterocycles. The Bertz CT molecular complexity index is 425. The van der Waals surface area contributed by atoms with Gasteiger partial charge >= 0.3 is 5.97 Å². The van der Waals surface area contributed by atoms with Crippen molar-refractivity contribution in [2.45, 2.75) is 58.7 Å². The van der Waals surface area contributed by atoms with Crippen LogP contribution in [0.5, 0.6) is 0 Å². The second kappa shape index (κ2) is 3.83. The molecule has 0 aromatic carbocycles. The van der Waals surface area contributed by atoms with Crippen LogP contribution >= 0.6 is 0 Å². The van der Waals surface area contributed by atoms with Crippen molar-refractivity contribution in [1.29, 1.82) is 0 Å². The van der Waals surface area contributed by atoms with Crippen molar-refractivity contribution in [3.8, 4) is 0 Å². The minimum atomic E-state index is -0.511. The smallest absolute Gasteiger partial charge is 0.334 e. The average molecular weight is 250 g/mol. The third-order valence-corrected chi connectivity index (χ3v) is 5.85. The Labute approximate surface area is 108 Å². The summed E-state index contributed by atoms with van der Waals surface area (Å²) < 4.78 is 5.40. The molecule has 0 aromatic rings. The van der Waals surface area contributed by atoms with E-state index in [9.17, 15) is 9.90 Å². The van der Waals surface area contributed by atoms with Crippen molar-refractivity contribution in [3.63, 3.8) is 0 Å². The van der Waals surface area contributed by atoms with E-state index in [4.69, 9.17) is 4.74 Å². The summed E-state index contributed by atoms with van der Waals surface area (Å²) in [5.41, 5.74) is 1.43. The minimum Gasteiger partial charge on any atom is -0.454 e. The molecule has 0 amide bonds. The molecule has 0 unspecified atom stereocenters. The van der Waals surface area contributed by atoms with Gasteiger partial charge in [-0.3, -0.25) is 0 Å². The van der Waals surface area contributed by atoms with Crippen LogP contribution in [0.1, 0.15) is 46.5 Å². The molecule has 0 bridgehead atoms. The van der Waals surface area contributed by atoms with E-state index < -0.39 is 6.10 Å². The van der Waals surface area contributed by atoms with Crippen LogP contribution in [0.15, 0.2) is 11.1 Å². The maximum atomic E-state index is 11.7. The topological polar surface area (TPSA) is 46.5 Å². The molecular formula is C15H22O3. The largest absolute Gasteiger partial charge is 0.454 e. The molecule has 3 nitrogen and oxygen atoms in total. The Morgan fingerprint density at radius 3 is 2.83 bits per heavy atom. The first-order chi connectivity index (χ1) is 8.46. The number of carbonyl (C=O) groups is 1. The fourth-order valence-corrected chi connectivity index (χ4v) is 4.35.